The van der Waals surface area contributed by atoms with Crippen LogP contribution in [0.1, 0.15) is 92.9 Å². The topological polar surface area (TPSA) is 35.5 Å². The van der Waals surface area contributed by atoms with Crippen LogP contribution in [0.15, 0.2) is 0 Å². The fraction of sp³-hybridized carbons (Fsp3) is 0.952. The van der Waals surface area contributed by atoms with Crippen molar-refractivity contribution in [3.63, 3.8) is 0 Å². The lowest BCUT2D eigenvalue weighted by atomic mass is 9.65. The minimum absolute atomic E-state index is 0.0574. The van der Waals surface area contributed by atoms with Gasteiger partial charge in [-0.2, -0.15) is 0 Å². The molecule has 3 nitrogen and oxygen atoms in total. The zero-order valence-corrected chi connectivity index (χ0v) is 16.7. The van der Waals surface area contributed by atoms with Gasteiger partial charge in [0.05, 0.1) is 0 Å². The molecular weight excluding hydrogens is 300 g/mol. The molecule has 0 saturated heterocycles. The van der Waals surface area contributed by atoms with Crippen molar-refractivity contribution in [1.29, 1.82) is 0 Å². The van der Waals surface area contributed by atoms with Gasteiger partial charge in [-0.15, -0.1) is 0 Å². The summed E-state index contributed by atoms with van der Waals surface area (Å²) in [6.07, 6.45) is 9.54. The number of carbonyl (C=O) groups excluding carboxylic acids is 1. The molecule has 0 radical (unpaired) electrons. The minimum Gasteiger partial charge on any atom is -0.431 e. The van der Waals surface area contributed by atoms with Crippen LogP contribution in [0, 0.1) is 23.2 Å². The first-order valence-electron chi connectivity index (χ1n) is 9.94. The molecule has 0 aromatic carbocycles. The van der Waals surface area contributed by atoms with E-state index in [9.17, 15) is 4.79 Å². The number of hydrogen-bond donors (Lipinski definition) is 0. The molecule has 0 unspecified atom stereocenters. The standard InChI is InChI=1S/C21H38O3/c1-20(2,3)17-11-7-15(8-12-17)16-9-13-18(14-10-16)23-19(22)24-21(4,5)6/h15-18H,7-14H2,1-6H3. The number of ether oxygens (including phenoxy) is 2. The highest BCUT2D eigenvalue weighted by Crippen LogP contribution is 2.45. The maximum Gasteiger partial charge on any atom is 0.509 e. The molecule has 2 fully saturated rings. The van der Waals surface area contributed by atoms with Crippen molar-refractivity contribution in [3.8, 4) is 0 Å². The lowest BCUT2D eigenvalue weighted by molar-refractivity contribution is -0.0395. The molecule has 2 rings (SSSR count). The maximum atomic E-state index is 11.8. The lowest BCUT2D eigenvalue weighted by Crippen LogP contribution is -2.33. The van der Waals surface area contributed by atoms with Crippen LogP contribution in [0.4, 0.5) is 4.79 Å². The van der Waals surface area contributed by atoms with Gasteiger partial charge in [0.25, 0.3) is 0 Å². The second-order valence-corrected chi connectivity index (χ2v) is 10.1. The highest BCUT2D eigenvalue weighted by Gasteiger charge is 2.35. The van der Waals surface area contributed by atoms with Crippen molar-refractivity contribution < 1.29 is 14.3 Å². The van der Waals surface area contributed by atoms with E-state index in [-0.39, 0.29) is 6.10 Å². The van der Waals surface area contributed by atoms with Crippen LogP contribution in [0.5, 0.6) is 0 Å². The van der Waals surface area contributed by atoms with E-state index in [0.29, 0.717) is 5.41 Å². The van der Waals surface area contributed by atoms with Gasteiger partial charge in [0.2, 0.25) is 0 Å². The van der Waals surface area contributed by atoms with Gasteiger partial charge in [-0.05, 0) is 95.3 Å². The van der Waals surface area contributed by atoms with Gasteiger partial charge in [-0.3, -0.25) is 0 Å². The van der Waals surface area contributed by atoms with Crippen LogP contribution in [0.25, 0.3) is 0 Å². The summed E-state index contributed by atoms with van der Waals surface area (Å²) >= 11 is 0. The van der Waals surface area contributed by atoms with E-state index in [4.69, 9.17) is 9.47 Å². The Labute approximate surface area is 148 Å². The number of rotatable bonds is 2. The molecule has 0 aromatic rings. The third-order valence-corrected chi connectivity index (χ3v) is 6.03. The van der Waals surface area contributed by atoms with Crippen molar-refractivity contribution in [2.45, 2.75) is 105 Å². The third-order valence-electron chi connectivity index (χ3n) is 6.03. The van der Waals surface area contributed by atoms with E-state index in [2.05, 4.69) is 20.8 Å². The van der Waals surface area contributed by atoms with Crippen molar-refractivity contribution in [2.24, 2.45) is 23.2 Å². The minimum atomic E-state index is -0.503. The summed E-state index contributed by atoms with van der Waals surface area (Å²) in [6.45, 7) is 12.8. The zero-order valence-electron chi connectivity index (χ0n) is 16.7. The van der Waals surface area contributed by atoms with Crippen molar-refractivity contribution >= 4 is 6.16 Å². The second-order valence-electron chi connectivity index (χ2n) is 10.1. The summed E-state index contributed by atoms with van der Waals surface area (Å²) in [5, 5.41) is 0. The highest BCUT2D eigenvalue weighted by atomic mass is 16.7. The Bertz CT molecular complexity index is 400. The van der Waals surface area contributed by atoms with E-state index in [0.717, 1.165) is 30.6 Å². The number of carbonyl (C=O) groups is 1. The summed E-state index contributed by atoms with van der Waals surface area (Å²) in [6, 6.07) is 0. The first kappa shape index (κ1) is 19.6. The molecule has 0 spiro atoms. The fourth-order valence-electron chi connectivity index (χ4n) is 4.54. The van der Waals surface area contributed by atoms with E-state index in [1.807, 2.05) is 20.8 Å². The normalized spacial score (nSPS) is 32.2. The molecule has 0 heterocycles. The van der Waals surface area contributed by atoms with E-state index < -0.39 is 11.8 Å². The van der Waals surface area contributed by atoms with Gasteiger partial charge in [-0.25, -0.2) is 4.79 Å². The molecule has 0 N–H and O–H groups in total. The molecule has 0 atom stereocenters. The van der Waals surface area contributed by atoms with Crippen LogP contribution in [-0.2, 0) is 9.47 Å². The van der Waals surface area contributed by atoms with Crippen LogP contribution in [0.2, 0.25) is 0 Å². The SMILES string of the molecule is CC(C)(C)OC(=O)OC1CCC(C2CCC(C(C)(C)C)CC2)CC1. The molecule has 2 saturated carbocycles. The van der Waals surface area contributed by atoms with Gasteiger partial charge < -0.3 is 9.47 Å². The molecule has 2 aliphatic rings. The Kier molecular flexibility index (Phi) is 6.25. The largest absolute Gasteiger partial charge is 0.509 e. The third kappa shape index (κ3) is 5.97. The molecular formula is C21H38O3. The van der Waals surface area contributed by atoms with Crippen LogP contribution < -0.4 is 0 Å². The van der Waals surface area contributed by atoms with E-state index in [1.54, 1.807) is 0 Å². The average molecular weight is 339 g/mol. The number of hydrogen-bond acceptors (Lipinski definition) is 3. The van der Waals surface area contributed by atoms with E-state index in [1.165, 1.54) is 38.5 Å². The molecule has 0 bridgehead atoms. The second kappa shape index (κ2) is 7.66. The first-order chi connectivity index (χ1) is 11.0. The fourth-order valence-corrected chi connectivity index (χ4v) is 4.54. The highest BCUT2D eigenvalue weighted by molar-refractivity contribution is 5.60. The average Bonchev–Trinajstić information content (AvgIpc) is 2.45. The van der Waals surface area contributed by atoms with Gasteiger partial charge in [0.15, 0.2) is 0 Å². The van der Waals surface area contributed by atoms with Crippen LogP contribution >= 0.6 is 0 Å². The molecule has 24 heavy (non-hydrogen) atoms. The molecule has 0 aliphatic heterocycles. The molecule has 0 amide bonds. The Morgan fingerprint density at radius 2 is 1.21 bits per heavy atom. The van der Waals surface area contributed by atoms with Crippen molar-refractivity contribution in [3.05, 3.63) is 0 Å². The van der Waals surface area contributed by atoms with Crippen LogP contribution in [0.3, 0.4) is 0 Å². The summed E-state index contributed by atoms with van der Waals surface area (Å²) < 4.78 is 10.8. The smallest absolute Gasteiger partial charge is 0.431 e. The summed E-state index contributed by atoms with van der Waals surface area (Å²) in [5.74, 6) is 2.62. The summed E-state index contributed by atoms with van der Waals surface area (Å²) in [4.78, 5) is 11.8. The van der Waals surface area contributed by atoms with E-state index >= 15 is 0 Å². The van der Waals surface area contributed by atoms with Crippen LogP contribution in [-0.4, -0.2) is 17.9 Å². The predicted octanol–water partition coefficient (Wildman–Crippen LogP) is 6.35. The molecule has 0 aromatic heterocycles. The Morgan fingerprint density at radius 3 is 1.62 bits per heavy atom. The predicted molar refractivity (Wildman–Crippen MR) is 98.0 cm³/mol. The van der Waals surface area contributed by atoms with Gasteiger partial charge >= 0.3 is 6.16 Å². The Balaban J connectivity index is 1.71. The quantitative estimate of drug-likeness (QED) is 0.550. The van der Waals surface area contributed by atoms with Gasteiger partial charge in [0, 0.05) is 0 Å². The lowest BCUT2D eigenvalue weighted by Gasteiger charge is -2.41. The summed E-state index contributed by atoms with van der Waals surface area (Å²) in [7, 11) is 0. The van der Waals surface area contributed by atoms with Gasteiger partial charge in [0.1, 0.15) is 11.7 Å². The monoisotopic (exact) mass is 338 g/mol. The maximum absolute atomic E-state index is 11.8. The molecule has 140 valence electrons. The molecule has 3 heteroatoms. The van der Waals surface area contributed by atoms with Crippen molar-refractivity contribution in [2.75, 3.05) is 0 Å². The van der Waals surface area contributed by atoms with Gasteiger partial charge in [-0.1, -0.05) is 20.8 Å². The molecule has 2 aliphatic carbocycles. The Morgan fingerprint density at radius 1 is 0.750 bits per heavy atom. The first-order valence-corrected chi connectivity index (χ1v) is 9.94. The zero-order chi connectivity index (χ0) is 18.0. The Hall–Kier alpha value is -0.730. The van der Waals surface area contributed by atoms with Crippen molar-refractivity contribution in [1.82, 2.24) is 0 Å². The summed E-state index contributed by atoms with van der Waals surface area (Å²) in [5.41, 5.74) is -0.0101.